The maximum atomic E-state index is 11.9. The highest BCUT2D eigenvalue weighted by molar-refractivity contribution is 5.93. The average molecular weight is 249 g/mol. The predicted octanol–water partition coefficient (Wildman–Crippen LogP) is 2.08. The van der Waals surface area contributed by atoms with Crippen molar-refractivity contribution in [3.05, 3.63) is 24.0 Å². The van der Waals surface area contributed by atoms with E-state index in [0.717, 1.165) is 31.0 Å². The molecule has 100 valence electrons. The van der Waals surface area contributed by atoms with Crippen LogP contribution in [0.3, 0.4) is 0 Å². The Balaban J connectivity index is 0.000000771. The van der Waals surface area contributed by atoms with Gasteiger partial charge in [0.1, 0.15) is 0 Å². The van der Waals surface area contributed by atoms with Gasteiger partial charge < -0.3 is 9.80 Å². The fourth-order valence-electron chi connectivity index (χ4n) is 1.82. The molecule has 1 amide bonds. The van der Waals surface area contributed by atoms with Crippen LogP contribution in [0.2, 0.25) is 0 Å². The molecule has 4 nitrogen and oxygen atoms in total. The van der Waals surface area contributed by atoms with Gasteiger partial charge in [0.25, 0.3) is 0 Å². The first-order valence-corrected chi connectivity index (χ1v) is 6.58. The molecular weight excluding hydrogens is 226 g/mol. The molecule has 4 heteroatoms. The van der Waals surface area contributed by atoms with E-state index in [1.807, 2.05) is 44.9 Å². The van der Waals surface area contributed by atoms with E-state index in [1.54, 1.807) is 6.20 Å². The Morgan fingerprint density at radius 3 is 2.50 bits per heavy atom. The largest absolute Gasteiger partial charge is 0.310 e. The van der Waals surface area contributed by atoms with Crippen LogP contribution in [0.5, 0.6) is 0 Å². The first kappa shape index (κ1) is 14.6. The molecule has 0 radical (unpaired) electrons. The molecule has 1 aliphatic rings. The van der Waals surface area contributed by atoms with Crippen molar-refractivity contribution in [1.29, 1.82) is 0 Å². The maximum Gasteiger partial charge on any atom is 0.228 e. The molecule has 0 saturated carbocycles. The molecule has 2 rings (SSSR count). The molecule has 1 aromatic heterocycles. The molecule has 2 heterocycles. The second kappa shape index (κ2) is 7.11. The predicted molar refractivity (Wildman–Crippen MR) is 74.8 cm³/mol. The van der Waals surface area contributed by atoms with Crippen LogP contribution in [0.25, 0.3) is 0 Å². The Kier molecular flexibility index (Phi) is 5.78. The highest BCUT2D eigenvalue weighted by Gasteiger charge is 2.20. The van der Waals surface area contributed by atoms with Gasteiger partial charge in [-0.3, -0.25) is 9.78 Å². The number of rotatable bonds is 1. The van der Waals surface area contributed by atoms with Gasteiger partial charge in [0, 0.05) is 31.7 Å². The molecule has 0 N–H and O–H groups in total. The lowest BCUT2D eigenvalue weighted by atomic mass is 10.3. The highest BCUT2D eigenvalue weighted by atomic mass is 16.2. The summed E-state index contributed by atoms with van der Waals surface area (Å²) in [5, 5.41) is 0. The van der Waals surface area contributed by atoms with Gasteiger partial charge in [-0.1, -0.05) is 13.8 Å². The SMILES string of the molecule is CC.Cc1ccc(N2CCN(C)CCC2=O)cn1. The molecule has 0 spiro atoms. The van der Waals surface area contributed by atoms with Crippen molar-refractivity contribution in [3.8, 4) is 0 Å². The normalized spacial score (nSPS) is 16.9. The summed E-state index contributed by atoms with van der Waals surface area (Å²) in [7, 11) is 2.05. The quantitative estimate of drug-likeness (QED) is 0.764. The summed E-state index contributed by atoms with van der Waals surface area (Å²) in [4.78, 5) is 20.2. The number of pyridine rings is 1. The first-order valence-electron chi connectivity index (χ1n) is 6.58. The molecule has 18 heavy (non-hydrogen) atoms. The number of carbonyl (C=O) groups excluding carboxylic acids is 1. The van der Waals surface area contributed by atoms with Gasteiger partial charge in [-0.25, -0.2) is 0 Å². The Hall–Kier alpha value is -1.42. The van der Waals surface area contributed by atoms with E-state index in [1.165, 1.54) is 0 Å². The van der Waals surface area contributed by atoms with Crippen molar-refractivity contribution < 1.29 is 4.79 Å². The van der Waals surface area contributed by atoms with Crippen molar-refractivity contribution in [2.45, 2.75) is 27.2 Å². The third-order valence-electron chi connectivity index (χ3n) is 2.92. The molecule has 0 aromatic carbocycles. The number of hydrogen-bond donors (Lipinski definition) is 0. The van der Waals surface area contributed by atoms with E-state index in [0.29, 0.717) is 6.42 Å². The minimum absolute atomic E-state index is 0.190. The lowest BCUT2D eigenvalue weighted by Gasteiger charge is -2.20. The van der Waals surface area contributed by atoms with E-state index >= 15 is 0 Å². The number of nitrogens with zero attached hydrogens (tertiary/aromatic N) is 3. The number of aryl methyl sites for hydroxylation is 1. The van der Waals surface area contributed by atoms with E-state index < -0.39 is 0 Å². The number of anilines is 1. The van der Waals surface area contributed by atoms with Crippen LogP contribution in [0, 0.1) is 6.92 Å². The topological polar surface area (TPSA) is 36.4 Å². The molecule has 1 fully saturated rings. The van der Waals surface area contributed by atoms with Gasteiger partial charge in [0.05, 0.1) is 11.9 Å². The van der Waals surface area contributed by atoms with Crippen LogP contribution in [0.1, 0.15) is 26.0 Å². The smallest absolute Gasteiger partial charge is 0.228 e. The zero-order valence-electron chi connectivity index (χ0n) is 11.8. The summed E-state index contributed by atoms with van der Waals surface area (Å²) in [6.45, 7) is 8.45. The molecule has 1 saturated heterocycles. The summed E-state index contributed by atoms with van der Waals surface area (Å²) in [6.07, 6.45) is 2.36. The highest BCUT2D eigenvalue weighted by Crippen LogP contribution is 2.16. The fraction of sp³-hybridized carbons (Fsp3) is 0.571. The van der Waals surface area contributed by atoms with Gasteiger partial charge in [0.15, 0.2) is 0 Å². The van der Waals surface area contributed by atoms with Gasteiger partial charge in [-0.2, -0.15) is 0 Å². The van der Waals surface area contributed by atoms with Gasteiger partial charge >= 0.3 is 0 Å². The second-order valence-corrected chi connectivity index (χ2v) is 4.26. The molecule has 0 bridgehead atoms. The third-order valence-corrected chi connectivity index (χ3v) is 2.92. The van der Waals surface area contributed by atoms with Crippen LogP contribution >= 0.6 is 0 Å². The molecule has 0 atom stereocenters. The van der Waals surface area contributed by atoms with Crippen LogP contribution in [0.4, 0.5) is 5.69 Å². The Morgan fingerprint density at radius 1 is 1.17 bits per heavy atom. The third kappa shape index (κ3) is 3.81. The minimum Gasteiger partial charge on any atom is -0.310 e. The average Bonchev–Trinajstić information content (AvgIpc) is 2.56. The van der Waals surface area contributed by atoms with Crippen molar-refractivity contribution in [1.82, 2.24) is 9.88 Å². The molecule has 0 aliphatic carbocycles. The van der Waals surface area contributed by atoms with Crippen LogP contribution in [-0.4, -0.2) is 42.5 Å². The molecular formula is C14H23N3O. The fourth-order valence-corrected chi connectivity index (χ4v) is 1.82. The monoisotopic (exact) mass is 249 g/mol. The van der Waals surface area contributed by atoms with E-state index in [4.69, 9.17) is 0 Å². The summed E-state index contributed by atoms with van der Waals surface area (Å²) < 4.78 is 0. The van der Waals surface area contributed by atoms with E-state index in [9.17, 15) is 4.79 Å². The number of aromatic nitrogens is 1. The van der Waals surface area contributed by atoms with Gasteiger partial charge in [-0.05, 0) is 26.1 Å². The molecule has 1 aliphatic heterocycles. The molecule has 1 aromatic rings. The zero-order chi connectivity index (χ0) is 13.5. The van der Waals surface area contributed by atoms with Crippen LogP contribution < -0.4 is 4.90 Å². The summed E-state index contributed by atoms with van der Waals surface area (Å²) >= 11 is 0. The zero-order valence-corrected chi connectivity index (χ0v) is 11.8. The Bertz CT molecular complexity index is 375. The second-order valence-electron chi connectivity index (χ2n) is 4.26. The van der Waals surface area contributed by atoms with E-state index in [-0.39, 0.29) is 5.91 Å². The van der Waals surface area contributed by atoms with Crippen molar-refractivity contribution in [2.24, 2.45) is 0 Å². The Labute approximate surface area is 110 Å². The summed E-state index contributed by atoms with van der Waals surface area (Å²) in [5.41, 5.74) is 1.88. The number of amides is 1. The van der Waals surface area contributed by atoms with Gasteiger partial charge in [0.2, 0.25) is 5.91 Å². The lowest BCUT2D eigenvalue weighted by Crippen LogP contribution is -2.32. The summed E-state index contributed by atoms with van der Waals surface area (Å²) in [6, 6.07) is 3.91. The van der Waals surface area contributed by atoms with Crippen LogP contribution in [-0.2, 0) is 4.79 Å². The first-order chi connectivity index (χ1) is 8.66. The Morgan fingerprint density at radius 2 is 1.89 bits per heavy atom. The van der Waals surface area contributed by atoms with Gasteiger partial charge in [-0.15, -0.1) is 0 Å². The van der Waals surface area contributed by atoms with E-state index in [2.05, 4.69) is 9.88 Å². The summed E-state index contributed by atoms with van der Waals surface area (Å²) in [5.74, 6) is 0.190. The number of likely N-dealkylation sites (N-methyl/N-ethyl adjacent to an activating group) is 1. The number of hydrogen-bond acceptors (Lipinski definition) is 3. The van der Waals surface area contributed by atoms with Crippen molar-refractivity contribution >= 4 is 11.6 Å². The molecule has 0 unspecified atom stereocenters. The van der Waals surface area contributed by atoms with Crippen molar-refractivity contribution in [3.63, 3.8) is 0 Å². The number of carbonyl (C=O) groups is 1. The van der Waals surface area contributed by atoms with Crippen LogP contribution in [0.15, 0.2) is 18.3 Å². The van der Waals surface area contributed by atoms with Crippen molar-refractivity contribution in [2.75, 3.05) is 31.6 Å². The maximum absolute atomic E-state index is 11.9. The minimum atomic E-state index is 0.190. The lowest BCUT2D eigenvalue weighted by molar-refractivity contribution is -0.118. The standard InChI is InChI=1S/C12H17N3O.C2H6/c1-10-3-4-11(9-13-10)15-8-7-14(2)6-5-12(15)16;1-2/h3-4,9H,5-8H2,1-2H3;1-2H3.